The summed E-state index contributed by atoms with van der Waals surface area (Å²) in [5, 5.41) is 20.4. The van der Waals surface area contributed by atoms with E-state index in [0.717, 1.165) is 0 Å². The summed E-state index contributed by atoms with van der Waals surface area (Å²) in [6, 6.07) is -0.0792. The first kappa shape index (κ1) is 10.8. The Kier molecular flexibility index (Phi) is 6.45. The van der Waals surface area contributed by atoms with Gasteiger partial charge < -0.3 is 20.3 Å². The average Bonchev–Trinajstić information content (AvgIpc) is 2.01. The first-order valence-electron chi connectivity index (χ1n) is 3.71. The number of ether oxygens (including phenoxy) is 1. The summed E-state index contributed by atoms with van der Waals surface area (Å²) in [6.07, 6.45) is 0. The van der Waals surface area contributed by atoms with E-state index in [-0.39, 0.29) is 25.3 Å². The highest BCUT2D eigenvalue weighted by Crippen LogP contribution is 1.86. The minimum absolute atomic E-state index is 0.0510. The van der Waals surface area contributed by atoms with Gasteiger partial charge in [-0.1, -0.05) is 0 Å². The van der Waals surface area contributed by atoms with Gasteiger partial charge in [0.1, 0.15) is 0 Å². The molecule has 0 rings (SSSR count). The van der Waals surface area contributed by atoms with Crippen molar-refractivity contribution in [1.29, 1.82) is 0 Å². The Morgan fingerprint density at radius 2 is 1.91 bits per heavy atom. The van der Waals surface area contributed by atoms with E-state index in [0.29, 0.717) is 6.61 Å². The second-order valence-electron chi connectivity index (χ2n) is 2.59. The second kappa shape index (κ2) is 6.54. The third kappa shape index (κ3) is 5.15. The van der Waals surface area contributed by atoms with Crippen LogP contribution >= 0.6 is 0 Å². The number of hydrogen-bond donors (Lipinski definition) is 3. The molecule has 0 bridgehead atoms. The fourth-order valence-corrected chi connectivity index (χ4v) is 0.864. The van der Waals surface area contributed by atoms with Gasteiger partial charge in [-0.25, -0.2) is 0 Å². The molecule has 0 aliphatic rings. The van der Waals surface area contributed by atoms with Crippen molar-refractivity contribution >= 4 is 0 Å². The molecule has 0 saturated carbocycles. The van der Waals surface area contributed by atoms with Crippen LogP contribution < -0.4 is 5.32 Å². The van der Waals surface area contributed by atoms with Gasteiger partial charge in [0.15, 0.2) is 0 Å². The molecule has 0 saturated heterocycles. The molecular weight excluding hydrogens is 146 g/mol. The van der Waals surface area contributed by atoms with Crippen LogP contribution in [0, 0.1) is 0 Å². The van der Waals surface area contributed by atoms with E-state index in [2.05, 4.69) is 5.32 Å². The van der Waals surface area contributed by atoms with E-state index >= 15 is 0 Å². The van der Waals surface area contributed by atoms with Crippen LogP contribution in [0.5, 0.6) is 0 Å². The first-order chi connectivity index (χ1) is 5.24. The van der Waals surface area contributed by atoms with Crippen LogP contribution in [0.1, 0.15) is 6.92 Å². The molecule has 11 heavy (non-hydrogen) atoms. The van der Waals surface area contributed by atoms with E-state index < -0.39 is 0 Å². The topological polar surface area (TPSA) is 61.7 Å². The van der Waals surface area contributed by atoms with Gasteiger partial charge in [0.25, 0.3) is 0 Å². The predicted molar refractivity (Wildman–Crippen MR) is 42.4 cm³/mol. The lowest BCUT2D eigenvalue weighted by atomic mass is 10.2. The molecule has 0 aromatic heterocycles. The van der Waals surface area contributed by atoms with E-state index in [4.69, 9.17) is 14.9 Å². The van der Waals surface area contributed by atoms with Crippen molar-refractivity contribution in [3.8, 4) is 0 Å². The van der Waals surface area contributed by atoms with Crippen LogP contribution in [0.15, 0.2) is 0 Å². The van der Waals surface area contributed by atoms with Gasteiger partial charge in [0.05, 0.1) is 25.9 Å². The molecular formula is C7H17NO3. The normalized spacial score (nSPS) is 13.9. The SMILES string of the molecule is COC[C@@H](C)NC(CO)CO. The quantitative estimate of drug-likeness (QED) is 0.468. The average molecular weight is 163 g/mol. The van der Waals surface area contributed by atoms with Crippen molar-refractivity contribution in [2.24, 2.45) is 0 Å². The van der Waals surface area contributed by atoms with Crippen molar-refractivity contribution in [3.05, 3.63) is 0 Å². The Hall–Kier alpha value is -0.160. The van der Waals surface area contributed by atoms with E-state index in [1.807, 2.05) is 6.92 Å². The molecule has 0 fully saturated rings. The number of aliphatic hydroxyl groups is 2. The van der Waals surface area contributed by atoms with Crippen LogP contribution in [0.25, 0.3) is 0 Å². The van der Waals surface area contributed by atoms with Gasteiger partial charge >= 0.3 is 0 Å². The summed E-state index contributed by atoms with van der Waals surface area (Å²) >= 11 is 0. The summed E-state index contributed by atoms with van der Waals surface area (Å²) in [5.74, 6) is 0. The minimum Gasteiger partial charge on any atom is -0.395 e. The molecule has 0 unspecified atom stereocenters. The third-order valence-corrected chi connectivity index (χ3v) is 1.38. The summed E-state index contributed by atoms with van der Waals surface area (Å²) in [4.78, 5) is 0. The molecule has 0 aliphatic heterocycles. The maximum absolute atomic E-state index is 8.68. The lowest BCUT2D eigenvalue weighted by molar-refractivity contribution is 0.130. The van der Waals surface area contributed by atoms with Gasteiger partial charge in [-0.3, -0.25) is 0 Å². The Morgan fingerprint density at radius 1 is 1.36 bits per heavy atom. The van der Waals surface area contributed by atoms with Crippen molar-refractivity contribution < 1.29 is 14.9 Å². The van der Waals surface area contributed by atoms with Crippen LogP contribution in [-0.4, -0.2) is 49.2 Å². The van der Waals surface area contributed by atoms with Gasteiger partial charge in [-0.15, -0.1) is 0 Å². The van der Waals surface area contributed by atoms with Crippen molar-refractivity contribution in [2.45, 2.75) is 19.0 Å². The molecule has 4 nitrogen and oxygen atoms in total. The van der Waals surface area contributed by atoms with Crippen molar-refractivity contribution in [2.75, 3.05) is 26.9 Å². The Morgan fingerprint density at radius 3 is 2.27 bits per heavy atom. The zero-order chi connectivity index (χ0) is 8.69. The fourth-order valence-electron chi connectivity index (χ4n) is 0.864. The summed E-state index contributed by atoms with van der Waals surface area (Å²) in [7, 11) is 1.62. The van der Waals surface area contributed by atoms with Crippen LogP contribution in [-0.2, 0) is 4.74 Å². The fraction of sp³-hybridized carbons (Fsp3) is 1.00. The van der Waals surface area contributed by atoms with Crippen molar-refractivity contribution in [1.82, 2.24) is 5.32 Å². The largest absolute Gasteiger partial charge is 0.395 e. The number of nitrogens with one attached hydrogen (secondary N) is 1. The number of rotatable bonds is 6. The number of aliphatic hydroxyl groups excluding tert-OH is 2. The molecule has 0 aliphatic carbocycles. The first-order valence-corrected chi connectivity index (χ1v) is 3.71. The molecule has 3 N–H and O–H groups in total. The zero-order valence-corrected chi connectivity index (χ0v) is 7.08. The number of methoxy groups -OCH3 is 1. The van der Waals surface area contributed by atoms with E-state index in [9.17, 15) is 0 Å². The number of hydrogen-bond acceptors (Lipinski definition) is 4. The van der Waals surface area contributed by atoms with Gasteiger partial charge in [-0.05, 0) is 6.92 Å². The molecule has 68 valence electrons. The van der Waals surface area contributed by atoms with E-state index in [1.165, 1.54) is 0 Å². The van der Waals surface area contributed by atoms with Crippen LogP contribution in [0.2, 0.25) is 0 Å². The van der Waals surface area contributed by atoms with Crippen molar-refractivity contribution in [3.63, 3.8) is 0 Å². The smallest absolute Gasteiger partial charge is 0.0613 e. The van der Waals surface area contributed by atoms with Crippen LogP contribution in [0.4, 0.5) is 0 Å². The highest BCUT2D eigenvalue weighted by Gasteiger charge is 2.08. The highest BCUT2D eigenvalue weighted by molar-refractivity contribution is 4.68. The predicted octanol–water partition coefficient (Wildman–Crippen LogP) is -1.04. The van der Waals surface area contributed by atoms with Gasteiger partial charge in [0, 0.05) is 13.2 Å². The Bertz CT molecular complexity index is 85.8. The molecule has 0 aromatic rings. The monoisotopic (exact) mass is 163 g/mol. The standard InChI is InChI=1S/C7H17NO3/c1-6(5-11-2)8-7(3-9)4-10/h6-10H,3-5H2,1-2H3/t6-/m1/s1. The Labute approximate surface area is 67.2 Å². The molecule has 0 heterocycles. The molecule has 1 atom stereocenters. The minimum atomic E-state index is -0.236. The Balaban J connectivity index is 3.44. The molecule has 0 amide bonds. The molecule has 0 radical (unpaired) electrons. The lowest BCUT2D eigenvalue weighted by Crippen LogP contribution is -2.43. The lowest BCUT2D eigenvalue weighted by Gasteiger charge is -2.18. The van der Waals surface area contributed by atoms with Gasteiger partial charge in [-0.2, -0.15) is 0 Å². The second-order valence-corrected chi connectivity index (χ2v) is 2.59. The molecule has 0 aromatic carbocycles. The van der Waals surface area contributed by atoms with Crippen LogP contribution in [0.3, 0.4) is 0 Å². The molecule has 4 heteroatoms. The third-order valence-electron chi connectivity index (χ3n) is 1.38. The molecule has 0 spiro atoms. The summed E-state index contributed by atoms with van der Waals surface area (Å²) in [6.45, 7) is 2.41. The summed E-state index contributed by atoms with van der Waals surface area (Å²) in [5.41, 5.74) is 0. The maximum atomic E-state index is 8.68. The zero-order valence-electron chi connectivity index (χ0n) is 7.08. The van der Waals surface area contributed by atoms with E-state index in [1.54, 1.807) is 7.11 Å². The maximum Gasteiger partial charge on any atom is 0.0613 e. The van der Waals surface area contributed by atoms with Gasteiger partial charge in [0.2, 0.25) is 0 Å². The highest BCUT2D eigenvalue weighted by atomic mass is 16.5. The summed E-state index contributed by atoms with van der Waals surface area (Å²) < 4.78 is 4.87.